The first-order valence-corrected chi connectivity index (χ1v) is 12.7. The number of amides is 2. The molecule has 3 N–H and O–H groups in total. The fourth-order valence-corrected chi connectivity index (χ4v) is 5.20. The highest BCUT2D eigenvalue weighted by Crippen LogP contribution is 2.35. The molecular formula is C26H26N8O3S. The molecule has 0 aliphatic carbocycles. The van der Waals surface area contributed by atoms with Crippen LogP contribution in [-0.2, 0) is 16.1 Å². The number of nitrogens with zero attached hydrogens (tertiary/aromatic N) is 6. The Morgan fingerprint density at radius 3 is 2.58 bits per heavy atom. The van der Waals surface area contributed by atoms with Crippen molar-refractivity contribution in [2.24, 2.45) is 0 Å². The molecule has 0 spiro atoms. The lowest BCUT2D eigenvalue weighted by atomic mass is 10.2. The van der Waals surface area contributed by atoms with Gasteiger partial charge in [-0.3, -0.25) is 9.59 Å². The molecule has 1 aliphatic heterocycles. The summed E-state index contributed by atoms with van der Waals surface area (Å²) in [6.45, 7) is 6.52. The Bertz CT molecular complexity index is 1480. The van der Waals surface area contributed by atoms with Crippen molar-refractivity contribution in [2.45, 2.75) is 6.54 Å². The third-order valence-corrected chi connectivity index (χ3v) is 7.07. The summed E-state index contributed by atoms with van der Waals surface area (Å²) in [5.41, 5.74) is 8.22. The van der Waals surface area contributed by atoms with E-state index in [4.69, 9.17) is 20.4 Å². The number of nitrogen functional groups attached to an aromatic ring is 1. The van der Waals surface area contributed by atoms with Gasteiger partial charge in [-0.05, 0) is 36.4 Å². The highest BCUT2D eigenvalue weighted by Gasteiger charge is 2.21. The molecule has 1 saturated heterocycles. The Kier molecular flexibility index (Phi) is 7.24. The number of carbonyl (C=O) groups is 2. The van der Waals surface area contributed by atoms with Crippen LogP contribution in [0.1, 0.15) is 15.2 Å². The van der Waals surface area contributed by atoms with Crippen LogP contribution >= 0.6 is 11.3 Å². The summed E-state index contributed by atoms with van der Waals surface area (Å²) in [6, 6.07) is 8.74. The molecule has 0 saturated carbocycles. The second kappa shape index (κ2) is 10.9. The lowest BCUT2D eigenvalue weighted by Gasteiger charge is -2.28. The number of hydrogen-bond acceptors (Lipinski definition) is 10. The van der Waals surface area contributed by atoms with Gasteiger partial charge < -0.3 is 25.6 Å². The lowest BCUT2D eigenvalue weighted by molar-refractivity contribution is -0.111. The van der Waals surface area contributed by atoms with E-state index in [1.54, 1.807) is 59.9 Å². The van der Waals surface area contributed by atoms with Gasteiger partial charge in [-0.15, -0.1) is 11.3 Å². The van der Waals surface area contributed by atoms with Gasteiger partial charge in [0.05, 0.1) is 35.5 Å². The molecule has 38 heavy (non-hydrogen) atoms. The minimum Gasteiger partial charge on any atom is -0.378 e. The fourth-order valence-electron chi connectivity index (χ4n) is 4.03. The number of fused-ring (bicyclic) bond motifs is 1. The molecule has 1 aliphatic rings. The first-order valence-electron chi connectivity index (χ1n) is 11.9. The molecule has 12 heteroatoms. The molecule has 5 rings (SSSR count). The van der Waals surface area contributed by atoms with E-state index in [-0.39, 0.29) is 17.8 Å². The van der Waals surface area contributed by atoms with E-state index in [1.165, 1.54) is 6.08 Å². The molecule has 1 fully saturated rings. The number of ether oxygens (including phenoxy) is 1. The number of benzene rings is 1. The third kappa shape index (κ3) is 5.45. The predicted octanol–water partition coefficient (Wildman–Crippen LogP) is 2.96. The highest BCUT2D eigenvalue weighted by atomic mass is 32.1. The van der Waals surface area contributed by atoms with Crippen molar-refractivity contribution >= 4 is 50.8 Å². The van der Waals surface area contributed by atoms with Gasteiger partial charge in [0.2, 0.25) is 11.9 Å². The summed E-state index contributed by atoms with van der Waals surface area (Å²) >= 11 is 1.57. The molecule has 0 bridgehead atoms. The van der Waals surface area contributed by atoms with Crippen LogP contribution < -0.4 is 16.0 Å². The predicted molar refractivity (Wildman–Crippen MR) is 147 cm³/mol. The van der Waals surface area contributed by atoms with Crippen LogP contribution in [0.15, 0.2) is 55.4 Å². The van der Waals surface area contributed by atoms with Crippen molar-refractivity contribution < 1.29 is 14.3 Å². The average Bonchev–Trinajstić information content (AvgIpc) is 3.35. The molecule has 0 radical (unpaired) electrons. The van der Waals surface area contributed by atoms with Crippen molar-refractivity contribution in [3.63, 3.8) is 0 Å². The van der Waals surface area contributed by atoms with Gasteiger partial charge in [0.1, 0.15) is 0 Å². The van der Waals surface area contributed by atoms with Gasteiger partial charge in [-0.25, -0.2) is 19.9 Å². The summed E-state index contributed by atoms with van der Waals surface area (Å²) in [7, 11) is 1.76. The van der Waals surface area contributed by atoms with Crippen molar-refractivity contribution in [3.8, 4) is 11.4 Å². The number of thiophene rings is 1. The zero-order valence-corrected chi connectivity index (χ0v) is 21.6. The summed E-state index contributed by atoms with van der Waals surface area (Å²) < 4.78 is 6.48. The number of anilines is 3. The molecule has 11 nitrogen and oxygen atoms in total. The molecule has 1 aromatic carbocycles. The number of morpholine rings is 1. The summed E-state index contributed by atoms with van der Waals surface area (Å²) in [5.74, 6) is 1.08. The monoisotopic (exact) mass is 530 g/mol. The van der Waals surface area contributed by atoms with Crippen LogP contribution in [0.4, 0.5) is 17.5 Å². The van der Waals surface area contributed by atoms with E-state index in [9.17, 15) is 9.59 Å². The quantitative estimate of drug-likeness (QED) is 0.345. The first-order chi connectivity index (χ1) is 18.4. The van der Waals surface area contributed by atoms with E-state index >= 15 is 0 Å². The zero-order chi connectivity index (χ0) is 26.6. The van der Waals surface area contributed by atoms with Gasteiger partial charge in [0.15, 0.2) is 11.6 Å². The summed E-state index contributed by atoms with van der Waals surface area (Å²) in [4.78, 5) is 47.2. The van der Waals surface area contributed by atoms with Crippen LogP contribution in [0, 0.1) is 0 Å². The second-order valence-electron chi connectivity index (χ2n) is 8.66. The largest absolute Gasteiger partial charge is 0.378 e. The molecule has 4 aromatic rings. The number of nitrogens with two attached hydrogens (primary N) is 1. The van der Waals surface area contributed by atoms with E-state index in [2.05, 4.69) is 26.8 Å². The first kappa shape index (κ1) is 25.2. The number of rotatable bonds is 7. The van der Waals surface area contributed by atoms with Crippen molar-refractivity contribution in [2.75, 3.05) is 49.3 Å². The Morgan fingerprint density at radius 1 is 1.18 bits per heavy atom. The molecule has 4 heterocycles. The lowest BCUT2D eigenvalue weighted by Crippen LogP contribution is -2.36. The number of hydrogen-bond donors (Lipinski definition) is 2. The van der Waals surface area contributed by atoms with Crippen molar-refractivity contribution in [1.82, 2.24) is 24.8 Å². The van der Waals surface area contributed by atoms with Crippen molar-refractivity contribution in [3.05, 3.63) is 65.8 Å². The van der Waals surface area contributed by atoms with Crippen LogP contribution in [0.5, 0.6) is 0 Å². The van der Waals surface area contributed by atoms with Crippen LogP contribution in [-0.4, -0.2) is 70.0 Å². The maximum absolute atomic E-state index is 13.1. The Balaban J connectivity index is 1.41. The molecule has 2 amide bonds. The standard InChI is InChI=1S/C26H26N8O3S/c1-3-21(35)30-18-6-4-16(5-7-18)25(36)33(2)15-19-12-20-22(38-19)24(34-8-10-37-11-9-34)32-23(31-20)17-13-28-26(27)29-14-17/h3-7,12-14H,1,8-11,15H2,2H3,(H,30,35)(H2,27,28,29). The maximum atomic E-state index is 13.1. The molecule has 0 atom stereocenters. The smallest absolute Gasteiger partial charge is 0.253 e. The zero-order valence-electron chi connectivity index (χ0n) is 20.8. The minimum absolute atomic E-state index is 0.136. The number of aromatic nitrogens is 4. The molecule has 0 unspecified atom stereocenters. The molecule has 194 valence electrons. The van der Waals surface area contributed by atoms with Gasteiger partial charge in [-0.2, -0.15) is 0 Å². The normalized spacial score (nSPS) is 13.3. The van der Waals surface area contributed by atoms with E-state index < -0.39 is 0 Å². The molecule has 3 aromatic heterocycles. The summed E-state index contributed by atoms with van der Waals surface area (Å²) in [5, 5.41) is 2.67. The van der Waals surface area contributed by atoms with E-state index in [0.29, 0.717) is 42.4 Å². The van der Waals surface area contributed by atoms with E-state index in [0.717, 1.165) is 34.0 Å². The minimum atomic E-state index is -0.308. The van der Waals surface area contributed by atoms with Gasteiger partial charge >= 0.3 is 0 Å². The van der Waals surface area contributed by atoms with Gasteiger partial charge in [0, 0.05) is 48.7 Å². The average molecular weight is 531 g/mol. The molecular weight excluding hydrogens is 504 g/mol. The topological polar surface area (TPSA) is 139 Å². The Morgan fingerprint density at radius 2 is 1.89 bits per heavy atom. The van der Waals surface area contributed by atoms with E-state index in [1.807, 2.05) is 6.07 Å². The maximum Gasteiger partial charge on any atom is 0.253 e. The fraction of sp³-hybridized carbons (Fsp3) is 0.231. The summed E-state index contributed by atoms with van der Waals surface area (Å²) in [6.07, 6.45) is 4.42. The SMILES string of the molecule is C=CC(=O)Nc1ccc(C(=O)N(C)Cc2cc3nc(-c4cnc(N)nc4)nc(N4CCOCC4)c3s2)cc1. The third-order valence-electron chi connectivity index (χ3n) is 5.97. The second-order valence-corrected chi connectivity index (χ2v) is 9.80. The van der Waals surface area contributed by atoms with Gasteiger partial charge in [0.25, 0.3) is 5.91 Å². The van der Waals surface area contributed by atoms with Crippen LogP contribution in [0.3, 0.4) is 0 Å². The Labute approximate surface area is 223 Å². The Hall–Kier alpha value is -4.42. The van der Waals surface area contributed by atoms with Crippen LogP contribution in [0.2, 0.25) is 0 Å². The number of nitrogens with one attached hydrogen (secondary N) is 1. The van der Waals surface area contributed by atoms with Gasteiger partial charge in [-0.1, -0.05) is 6.58 Å². The number of carbonyl (C=O) groups excluding carboxylic acids is 2. The van der Waals surface area contributed by atoms with Crippen molar-refractivity contribution in [1.29, 1.82) is 0 Å². The van der Waals surface area contributed by atoms with Crippen LogP contribution in [0.25, 0.3) is 21.6 Å². The highest BCUT2D eigenvalue weighted by molar-refractivity contribution is 7.19.